The second kappa shape index (κ2) is 6.51. The van der Waals surface area contributed by atoms with Gasteiger partial charge in [0.15, 0.2) is 16.3 Å². The van der Waals surface area contributed by atoms with Gasteiger partial charge in [0.1, 0.15) is 5.54 Å². The highest BCUT2D eigenvalue weighted by molar-refractivity contribution is 9.10. The maximum absolute atomic E-state index is 12.3. The van der Waals surface area contributed by atoms with E-state index in [9.17, 15) is 4.79 Å². The van der Waals surface area contributed by atoms with Crippen LogP contribution in [0.2, 0.25) is 0 Å². The molecule has 0 aliphatic heterocycles. The number of amides is 1. The predicted molar refractivity (Wildman–Crippen MR) is 82.3 cm³/mol. The van der Waals surface area contributed by atoms with Gasteiger partial charge in [-0.2, -0.15) is 0 Å². The SMILES string of the molecule is CCC1CCC(NC(=O)c2ccc(Br)o2)(/C(N)=N/O)CC1. The zero-order valence-electron chi connectivity index (χ0n) is 11.9. The maximum atomic E-state index is 12.3. The van der Waals surface area contributed by atoms with E-state index >= 15 is 0 Å². The number of carbonyl (C=O) groups is 1. The Balaban J connectivity index is 2.16. The number of halogens is 1. The van der Waals surface area contributed by atoms with E-state index < -0.39 is 5.54 Å². The maximum Gasteiger partial charge on any atom is 0.287 e. The Morgan fingerprint density at radius 1 is 1.57 bits per heavy atom. The molecule has 21 heavy (non-hydrogen) atoms. The molecule has 1 fully saturated rings. The van der Waals surface area contributed by atoms with Crippen LogP contribution >= 0.6 is 15.9 Å². The van der Waals surface area contributed by atoms with Crippen LogP contribution < -0.4 is 11.1 Å². The summed E-state index contributed by atoms with van der Waals surface area (Å²) in [7, 11) is 0. The normalized spacial score (nSPS) is 26.6. The first kappa shape index (κ1) is 15.9. The zero-order chi connectivity index (χ0) is 15.5. The minimum absolute atomic E-state index is 0.0519. The number of oxime groups is 1. The first-order chi connectivity index (χ1) is 10.0. The lowest BCUT2D eigenvalue weighted by atomic mass is 9.75. The lowest BCUT2D eigenvalue weighted by molar-refractivity contribution is 0.0865. The third-order valence-electron chi connectivity index (χ3n) is 4.28. The summed E-state index contributed by atoms with van der Waals surface area (Å²) in [5, 5.41) is 15.1. The van der Waals surface area contributed by atoms with Crippen molar-refractivity contribution in [1.82, 2.24) is 5.32 Å². The molecule has 6 nitrogen and oxygen atoms in total. The number of carbonyl (C=O) groups excluding carboxylic acids is 1. The molecule has 0 radical (unpaired) electrons. The van der Waals surface area contributed by atoms with Gasteiger partial charge < -0.3 is 20.7 Å². The highest BCUT2D eigenvalue weighted by atomic mass is 79.9. The molecule has 0 spiro atoms. The van der Waals surface area contributed by atoms with Crippen molar-refractivity contribution >= 4 is 27.7 Å². The summed E-state index contributed by atoms with van der Waals surface area (Å²) in [5.41, 5.74) is 5.05. The molecule has 0 saturated heterocycles. The second-order valence-corrected chi connectivity index (χ2v) is 6.26. The number of nitrogens with zero attached hydrogens (tertiary/aromatic N) is 1. The topological polar surface area (TPSA) is 101 Å². The lowest BCUT2D eigenvalue weighted by Crippen LogP contribution is -2.59. The van der Waals surface area contributed by atoms with E-state index in [1.807, 2.05) is 0 Å². The summed E-state index contributed by atoms with van der Waals surface area (Å²) in [5.74, 6) is 0.516. The molecule has 0 unspecified atom stereocenters. The molecule has 1 aliphatic carbocycles. The van der Waals surface area contributed by atoms with Crippen LogP contribution in [0.3, 0.4) is 0 Å². The van der Waals surface area contributed by atoms with Crippen LogP contribution in [0.4, 0.5) is 0 Å². The van der Waals surface area contributed by atoms with Crippen molar-refractivity contribution in [2.24, 2.45) is 16.8 Å². The van der Waals surface area contributed by atoms with Crippen LogP contribution in [0.1, 0.15) is 49.6 Å². The molecule has 1 amide bonds. The number of hydrogen-bond donors (Lipinski definition) is 3. The first-order valence-corrected chi connectivity index (χ1v) is 7.86. The third-order valence-corrected chi connectivity index (χ3v) is 4.71. The summed E-state index contributed by atoms with van der Waals surface area (Å²) in [6, 6.07) is 3.23. The quantitative estimate of drug-likeness (QED) is 0.333. The van der Waals surface area contributed by atoms with Gasteiger partial charge in [-0.15, -0.1) is 0 Å². The van der Waals surface area contributed by atoms with Crippen LogP contribution in [0.5, 0.6) is 0 Å². The van der Waals surface area contributed by atoms with Crippen molar-refractivity contribution in [2.45, 2.75) is 44.6 Å². The van der Waals surface area contributed by atoms with Gasteiger partial charge in [-0.05, 0) is 59.7 Å². The van der Waals surface area contributed by atoms with Crippen LogP contribution in [0.15, 0.2) is 26.4 Å². The summed E-state index contributed by atoms with van der Waals surface area (Å²) < 4.78 is 5.74. The highest BCUT2D eigenvalue weighted by Gasteiger charge is 2.40. The van der Waals surface area contributed by atoms with Gasteiger partial charge >= 0.3 is 0 Å². The summed E-state index contributed by atoms with van der Waals surface area (Å²) in [6.45, 7) is 2.15. The van der Waals surface area contributed by atoms with Crippen LogP contribution in [-0.2, 0) is 0 Å². The first-order valence-electron chi connectivity index (χ1n) is 7.06. The fraction of sp³-hybridized carbons (Fsp3) is 0.571. The van der Waals surface area contributed by atoms with E-state index in [1.54, 1.807) is 12.1 Å². The number of amidine groups is 1. The fourth-order valence-electron chi connectivity index (χ4n) is 2.83. The van der Waals surface area contributed by atoms with Crippen molar-refractivity contribution in [3.05, 3.63) is 22.6 Å². The van der Waals surface area contributed by atoms with E-state index in [2.05, 4.69) is 33.3 Å². The number of hydrogen-bond acceptors (Lipinski definition) is 4. The Labute approximate surface area is 131 Å². The molecule has 1 aliphatic rings. The summed E-state index contributed by atoms with van der Waals surface area (Å²) >= 11 is 3.16. The molecule has 7 heteroatoms. The number of nitrogens with two attached hydrogens (primary N) is 1. The molecule has 1 aromatic rings. The molecule has 0 atom stereocenters. The predicted octanol–water partition coefficient (Wildman–Crippen LogP) is 2.86. The Morgan fingerprint density at radius 2 is 2.24 bits per heavy atom. The van der Waals surface area contributed by atoms with Gasteiger partial charge in [0.05, 0.1) is 0 Å². The van der Waals surface area contributed by atoms with E-state index in [-0.39, 0.29) is 17.5 Å². The van der Waals surface area contributed by atoms with Crippen LogP contribution in [0, 0.1) is 5.92 Å². The third kappa shape index (κ3) is 3.40. The van der Waals surface area contributed by atoms with E-state index in [0.717, 1.165) is 19.3 Å². The Bertz CT molecular complexity index is 533. The number of rotatable bonds is 4. The molecule has 1 aromatic heterocycles. The van der Waals surface area contributed by atoms with Gasteiger partial charge in [-0.3, -0.25) is 4.79 Å². The summed E-state index contributed by atoms with van der Waals surface area (Å²) in [4.78, 5) is 12.3. The zero-order valence-corrected chi connectivity index (χ0v) is 13.5. The number of furan rings is 1. The van der Waals surface area contributed by atoms with E-state index in [1.165, 1.54) is 0 Å². The molecule has 116 valence electrons. The molecule has 0 bridgehead atoms. The van der Waals surface area contributed by atoms with Gasteiger partial charge in [-0.1, -0.05) is 18.5 Å². The molecule has 2 rings (SSSR count). The Morgan fingerprint density at radius 3 is 2.71 bits per heavy atom. The second-order valence-electron chi connectivity index (χ2n) is 5.48. The average Bonchev–Trinajstić information content (AvgIpc) is 2.93. The molecule has 1 heterocycles. The smallest absolute Gasteiger partial charge is 0.287 e. The van der Waals surface area contributed by atoms with Crippen molar-refractivity contribution < 1.29 is 14.4 Å². The van der Waals surface area contributed by atoms with Crippen molar-refractivity contribution in [3.8, 4) is 0 Å². The molecular weight excluding hydrogens is 338 g/mol. The van der Waals surface area contributed by atoms with Gasteiger partial charge in [-0.25, -0.2) is 0 Å². The standard InChI is InChI=1S/C14H20BrN3O3/c1-2-9-5-7-14(8-6-9,13(16)18-20)17-12(19)10-3-4-11(15)21-10/h3-4,9,20H,2,5-8H2,1H3,(H2,16,18)(H,17,19). The van der Waals surface area contributed by atoms with Crippen molar-refractivity contribution in [1.29, 1.82) is 0 Å². The average molecular weight is 358 g/mol. The van der Waals surface area contributed by atoms with Crippen LogP contribution in [0.25, 0.3) is 0 Å². The van der Waals surface area contributed by atoms with Crippen molar-refractivity contribution in [3.63, 3.8) is 0 Å². The summed E-state index contributed by atoms with van der Waals surface area (Å²) in [6.07, 6.45) is 4.30. The van der Waals surface area contributed by atoms with Gasteiger partial charge in [0.2, 0.25) is 0 Å². The monoisotopic (exact) mass is 357 g/mol. The molecular formula is C14H20BrN3O3. The fourth-order valence-corrected chi connectivity index (χ4v) is 3.14. The van der Waals surface area contributed by atoms with Crippen LogP contribution in [-0.4, -0.2) is 22.5 Å². The number of nitrogens with one attached hydrogen (secondary N) is 1. The van der Waals surface area contributed by atoms with Gasteiger partial charge in [0.25, 0.3) is 5.91 Å². The van der Waals surface area contributed by atoms with E-state index in [0.29, 0.717) is 23.4 Å². The minimum atomic E-state index is -0.795. The lowest BCUT2D eigenvalue weighted by Gasteiger charge is -2.39. The van der Waals surface area contributed by atoms with Gasteiger partial charge in [0, 0.05) is 0 Å². The largest absolute Gasteiger partial charge is 0.444 e. The molecule has 0 aromatic carbocycles. The Hall–Kier alpha value is -1.50. The molecule has 4 N–H and O–H groups in total. The highest BCUT2D eigenvalue weighted by Crippen LogP contribution is 2.34. The Kier molecular flexibility index (Phi) is 4.92. The van der Waals surface area contributed by atoms with E-state index in [4.69, 9.17) is 15.4 Å². The van der Waals surface area contributed by atoms with Crippen molar-refractivity contribution in [2.75, 3.05) is 0 Å². The molecule has 1 saturated carbocycles. The minimum Gasteiger partial charge on any atom is -0.444 e.